The fraction of sp³-hybridized carbons (Fsp3) is 0.400. The maximum atomic E-state index is 11.9. The summed E-state index contributed by atoms with van der Waals surface area (Å²) in [5, 5.41) is 0. The van der Waals surface area contributed by atoms with Crippen LogP contribution >= 0.6 is 0 Å². The quantitative estimate of drug-likeness (QED) is 0.850. The van der Waals surface area contributed by atoms with Crippen molar-refractivity contribution in [2.45, 2.75) is 25.8 Å². The van der Waals surface area contributed by atoms with Crippen molar-refractivity contribution in [1.82, 2.24) is 13.9 Å². The highest BCUT2D eigenvalue weighted by atomic mass is 32.2. The molecule has 0 fully saturated rings. The molecule has 1 aliphatic rings. The van der Waals surface area contributed by atoms with Crippen molar-refractivity contribution in [2.75, 3.05) is 12.8 Å². The molecule has 118 valence electrons. The number of sulfonamides is 1. The fourth-order valence-corrected chi connectivity index (χ4v) is 3.38. The van der Waals surface area contributed by atoms with E-state index in [1.54, 1.807) is 12.4 Å². The average molecular weight is 321 g/mol. The summed E-state index contributed by atoms with van der Waals surface area (Å²) >= 11 is 0. The minimum atomic E-state index is -3.26. The molecule has 7 heteroatoms. The summed E-state index contributed by atoms with van der Waals surface area (Å²) in [6, 6.07) is 7.68. The van der Waals surface area contributed by atoms with Gasteiger partial charge in [0.2, 0.25) is 10.0 Å². The van der Waals surface area contributed by atoms with Gasteiger partial charge in [0.25, 0.3) is 0 Å². The summed E-state index contributed by atoms with van der Waals surface area (Å²) in [5.41, 5.74) is 1.96. The van der Waals surface area contributed by atoms with Crippen LogP contribution in [0.5, 0.6) is 0 Å². The Morgan fingerprint density at radius 3 is 2.91 bits per heavy atom. The highest BCUT2D eigenvalue weighted by Crippen LogP contribution is 2.18. The van der Waals surface area contributed by atoms with Crippen LogP contribution in [-0.4, -0.2) is 41.2 Å². The molecule has 3 rings (SSSR count). The van der Waals surface area contributed by atoms with Crippen molar-refractivity contribution >= 4 is 10.0 Å². The molecule has 0 saturated carbocycles. The molecule has 2 aromatic heterocycles. The highest BCUT2D eigenvalue weighted by molar-refractivity contribution is 7.88. The normalized spacial score (nSPS) is 19.6. The Bertz CT molecular complexity index is 728. The van der Waals surface area contributed by atoms with E-state index in [9.17, 15) is 8.42 Å². The Labute approximate surface area is 130 Å². The number of hydrogen-bond acceptors (Lipinski definition) is 4. The Morgan fingerprint density at radius 1 is 1.32 bits per heavy atom. The van der Waals surface area contributed by atoms with Crippen LogP contribution in [0.25, 0.3) is 0 Å². The van der Waals surface area contributed by atoms with Gasteiger partial charge in [-0.15, -0.1) is 0 Å². The first kappa shape index (κ1) is 15.2. The van der Waals surface area contributed by atoms with Gasteiger partial charge >= 0.3 is 0 Å². The van der Waals surface area contributed by atoms with Crippen LogP contribution in [-0.2, 0) is 34.5 Å². The summed E-state index contributed by atoms with van der Waals surface area (Å²) in [4.78, 5) is 4.06. The van der Waals surface area contributed by atoms with Crippen molar-refractivity contribution in [3.8, 4) is 0 Å². The SMILES string of the molecule is CS(=O)(=O)N1Cc2cccn2C[C@@H](OCc2cccnc2)C1. The van der Waals surface area contributed by atoms with Crippen LogP contribution < -0.4 is 0 Å². The molecular weight excluding hydrogens is 302 g/mol. The number of hydrogen-bond donors (Lipinski definition) is 0. The third-order valence-electron chi connectivity index (χ3n) is 3.75. The largest absolute Gasteiger partial charge is 0.370 e. The second kappa shape index (κ2) is 6.20. The molecule has 1 aliphatic heterocycles. The average Bonchev–Trinajstić information content (AvgIpc) is 2.83. The molecular formula is C15H19N3O3S. The summed E-state index contributed by atoms with van der Waals surface area (Å²) < 4.78 is 33.3. The fourth-order valence-electron chi connectivity index (χ4n) is 2.58. The minimum absolute atomic E-state index is 0.191. The van der Waals surface area contributed by atoms with E-state index in [4.69, 9.17) is 4.74 Å². The predicted octanol–water partition coefficient (Wildman–Crippen LogP) is 1.24. The zero-order chi connectivity index (χ0) is 15.6. The Hall–Kier alpha value is -1.70. The molecule has 3 heterocycles. The lowest BCUT2D eigenvalue weighted by Gasteiger charge is -2.22. The van der Waals surface area contributed by atoms with Gasteiger partial charge < -0.3 is 9.30 Å². The molecule has 0 saturated heterocycles. The number of ether oxygens (including phenoxy) is 1. The number of rotatable bonds is 4. The molecule has 0 aliphatic carbocycles. The predicted molar refractivity (Wildman–Crippen MR) is 82.5 cm³/mol. The molecule has 0 N–H and O–H groups in total. The van der Waals surface area contributed by atoms with E-state index in [1.165, 1.54) is 10.6 Å². The van der Waals surface area contributed by atoms with Crippen LogP contribution in [0.15, 0.2) is 42.9 Å². The Kier molecular flexibility index (Phi) is 4.28. The van der Waals surface area contributed by atoms with Crippen molar-refractivity contribution in [2.24, 2.45) is 0 Å². The monoisotopic (exact) mass is 321 g/mol. The maximum Gasteiger partial charge on any atom is 0.211 e. The van der Waals surface area contributed by atoms with Gasteiger partial charge in [-0.25, -0.2) is 8.42 Å². The Morgan fingerprint density at radius 2 is 2.18 bits per heavy atom. The van der Waals surface area contributed by atoms with Crippen LogP contribution in [0.4, 0.5) is 0 Å². The van der Waals surface area contributed by atoms with Gasteiger partial charge in [-0.05, 0) is 23.8 Å². The van der Waals surface area contributed by atoms with E-state index < -0.39 is 10.0 Å². The van der Waals surface area contributed by atoms with E-state index in [2.05, 4.69) is 9.55 Å². The van der Waals surface area contributed by atoms with Crippen LogP contribution in [0, 0.1) is 0 Å². The van der Waals surface area contributed by atoms with Crippen LogP contribution in [0.3, 0.4) is 0 Å². The Balaban J connectivity index is 1.76. The number of fused-ring (bicyclic) bond motifs is 1. The number of pyridine rings is 1. The molecule has 0 radical (unpaired) electrons. The van der Waals surface area contributed by atoms with Gasteiger partial charge in [0.15, 0.2) is 0 Å². The number of nitrogens with zero attached hydrogens (tertiary/aromatic N) is 3. The molecule has 0 aromatic carbocycles. The lowest BCUT2D eigenvalue weighted by atomic mass is 10.3. The van der Waals surface area contributed by atoms with E-state index in [1.807, 2.05) is 30.5 Å². The lowest BCUT2D eigenvalue weighted by molar-refractivity contribution is 0.0223. The summed E-state index contributed by atoms with van der Waals surface area (Å²) in [6.07, 6.45) is 6.48. The zero-order valence-electron chi connectivity index (χ0n) is 12.4. The molecule has 0 spiro atoms. The second-order valence-corrected chi connectivity index (χ2v) is 7.48. The smallest absolute Gasteiger partial charge is 0.211 e. The van der Waals surface area contributed by atoms with Gasteiger partial charge in [0.05, 0.1) is 25.5 Å². The zero-order valence-corrected chi connectivity index (χ0v) is 13.2. The van der Waals surface area contributed by atoms with Crippen molar-refractivity contribution < 1.29 is 13.2 Å². The molecule has 0 bridgehead atoms. The van der Waals surface area contributed by atoms with Gasteiger partial charge in [-0.1, -0.05) is 6.07 Å². The van der Waals surface area contributed by atoms with Gasteiger partial charge in [0, 0.05) is 37.4 Å². The first-order chi connectivity index (χ1) is 10.5. The summed E-state index contributed by atoms with van der Waals surface area (Å²) in [6.45, 7) is 1.82. The van der Waals surface area contributed by atoms with Crippen LogP contribution in [0.1, 0.15) is 11.3 Å². The lowest BCUT2D eigenvalue weighted by Crippen LogP contribution is -2.36. The molecule has 6 nitrogen and oxygen atoms in total. The van der Waals surface area contributed by atoms with Crippen molar-refractivity contribution in [1.29, 1.82) is 0 Å². The third-order valence-corrected chi connectivity index (χ3v) is 4.96. The highest BCUT2D eigenvalue weighted by Gasteiger charge is 2.27. The van der Waals surface area contributed by atoms with Gasteiger partial charge in [0.1, 0.15) is 0 Å². The van der Waals surface area contributed by atoms with E-state index in [0.29, 0.717) is 26.2 Å². The summed E-state index contributed by atoms with van der Waals surface area (Å²) in [5.74, 6) is 0. The molecule has 2 aromatic rings. The van der Waals surface area contributed by atoms with E-state index >= 15 is 0 Å². The van der Waals surface area contributed by atoms with Gasteiger partial charge in [-0.2, -0.15) is 4.31 Å². The van der Waals surface area contributed by atoms with Crippen LogP contribution in [0.2, 0.25) is 0 Å². The molecule has 0 unspecified atom stereocenters. The molecule has 0 amide bonds. The van der Waals surface area contributed by atoms with E-state index in [0.717, 1.165) is 11.3 Å². The molecule has 1 atom stereocenters. The summed E-state index contributed by atoms with van der Waals surface area (Å²) in [7, 11) is -3.26. The molecule has 22 heavy (non-hydrogen) atoms. The van der Waals surface area contributed by atoms with Crippen molar-refractivity contribution in [3.63, 3.8) is 0 Å². The maximum absolute atomic E-state index is 11.9. The number of aromatic nitrogens is 2. The van der Waals surface area contributed by atoms with Crippen molar-refractivity contribution in [3.05, 3.63) is 54.1 Å². The first-order valence-corrected chi connectivity index (χ1v) is 8.97. The van der Waals surface area contributed by atoms with Gasteiger partial charge in [-0.3, -0.25) is 4.98 Å². The van der Waals surface area contributed by atoms with E-state index in [-0.39, 0.29) is 6.10 Å². The third kappa shape index (κ3) is 3.55. The first-order valence-electron chi connectivity index (χ1n) is 7.12. The standard InChI is InChI=1S/C15H19N3O3S/c1-22(19,20)18-9-14-5-3-7-17(14)10-15(11-18)21-12-13-4-2-6-16-8-13/h2-8,15H,9-12H2,1H3/t15-/m1/s1. The topological polar surface area (TPSA) is 64.4 Å². The second-order valence-electron chi connectivity index (χ2n) is 5.50. The minimum Gasteiger partial charge on any atom is -0.370 e.